The van der Waals surface area contributed by atoms with Crippen molar-refractivity contribution < 1.29 is 9.63 Å². The van der Waals surface area contributed by atoms with Gasteiger partial charge in [-0.25, -0.2) is 0 Å². The van der Waals surface area contributed by atoms with Crippen LogP contribution in [0, 0.1) is 0 Å². The van der Waals surface area contributed by atoms with Crippen LogP contribution in [0.5, 0.6) is 0 Å². The zero-order valence-electron chi connectivity index (χ0n) is 7.36. The van der Waals surface area contributed by atoms with Gasteiger partial charge in [-0.1, -0.05) is 11.2 Å². The molecule has 2 N–H and O–H groups in total. The van der Waals surface area contributed by atoms with E-state index in [9.17, 15) is 0 Å². The fourth-order valence-electron chi connectivity index (χ4n) is 0.845. The SMILES string of the molecule is C=CCNCc1nc(CCO)no1. The molecule has 1 aromatic rings. The Balaban J connectivity index is 2.35. The molecule has 0 saturated carbocycles. The number of aromatic nitrogens is 2. The minimum Gasteiger partial charge on any atom is -0.396 e. The number of aliphatic hydroxyl groups excluding tert-OH is 1. The molecule has 0 aliphatic heterocycles. The molecule has 1 aromatic heterocycles. The molecule has 0 atom stereocenters. The standard InChI is InChI=1S/C8H13N3O2/c1-2-4-9-6-8-10-7(3-5-12)11-13-8/h2,9,12H,1,3-6H2. The normalized spacial score (nSPS) is 10.2. The summed E-state index contributed by atoms with van der Waals surface area (Å²) >= 11 is 0. The lowest BCUT2D eigenvalue weighted by atomic mass is 10.4. The monoisotopic (exact) mass is 183 g/mol. The molecule has 0 unspecified atom stereocenters. The van der Waals surface area contributed by atoms with Crippen LogP contribution in [0.25, 0.3) is 0 Å². The number of aliphatic hydroxyl groups is 1. The van der Waals surface area contributed by atoms with Crippen molar-refractivity contribution in [2.45, 2.75) is 13.0 Å². The average Bonchev–Trinajstić information content (AvgIpc) is 2.54. The molecule has 5 heteroatoms. The Kier molecular flexibility index (Phi) is 4.14. The molecule has 0 aromatic carbocycles. The van der Waals surface area contributed by atoms with Gasteiger partial charge < -0.3 is 14.9 Å². The van der Waals surface area contributed by atoms with Gasteiger partial charge in [-0.2, -0.15) is 4.98 Å². The first-order chi connectivity index (χ1) is 6.36. The molecule has 0 aliphatic rings. The molecule has 72 valence electrons. The molecule has 0 bridgehead atoms. The van der Waals surface area contributed by atoms with Gasteiger partial charge in [0.15, 0.2) is 5.82 Å². The van der Waals surface area contributed by atoms with Gasteiger partial charge in [-0.05, 0) is 0 Å². The lowest BCUT2D eigenvalue weighted by Crippen LogP contribution is -2.12. The van der Waals surface area contributed by atoms with Gasteiger partial charge in [-0.3, -0.25) is 0 Å². The van der Waals surface area contributed by atoms with E-state index in [2.05, 4.69) is 22.0 Å². The van der Waals surface area contributed by atoms with E-state index in [1.807, 2.05) is 0 Å². The number of hydrogen-bond acceptors (Lipinski definition) is 5. The summed E-state index contributed by atoms with van der Waals surface area (Å²) in [6, 6.07) is 0. The summed E-state index contributed by atoms with van der Waals surface area (Å²) in [5, 5.41) is 15.3. The lowest BCUT2D eigenvalue weighted by molar-refractivity contribution is 0.292. The van der Waals surface area contributed by atoms with Crippen LogP contribution in [-0.2, 0) is 13.0 Å². The quantitative estimate of drug-likeness (QED) is 0.475. The minimum absolute atomic E-state index is 0.0407. The van der Waals surface area contributed by atoms with Gasteiger partial charge in [0.05, 0.1) is 13.2 Å². The van der Waals surface area contributed by atoms with Crippen LogP contribution in [0.3, 0.4) is 0 Å². The highest BCUT2D eigenvalue weighted by Gasteiger charge is 2.03. The van der Waals surface area contributed by atoms with Gasteiger partial charge in [-0.15, -0.1) is 6.58 Å². The molecule has 1 heterocycles. The number of hydrogen-bond donors (Lipinski definition) is 2. The van der Waals surface area contributed by atoms with E-state index in [1.54, 1.807) is 6.08 Å². The molecule has 0 saturated heterocycles. The highest BCUT2D eigenvalue weighted by atomic mass is 16.5. The van der Waals surface area contributed by atoms with Crippen molar-refractivity contribution in [1.82, 2.24) is 15.5 Å². The molecule has 1 rings (SSSR count). The fourth-order valence-corrected chi connectivity index (χ4v) is 0.845. The van der Waals surface area contributed by atoms with Crippen molar-refractivity contribution in [3.05, 3.63) is 24.4 Å². The zero-order chi connectivity index (χ0) is 9.52. The van der Waals surface area contributed by atoms with E-state index >= 15 is 0 Å². The summed E-state index contributed by atoms with van der Waals surface area (Å²) < 4.78 is 4.89. The molecule has 0 spiro atoms. The van der Waals surface area contributed by atoms with Crippen molar-refractivity contribution in [3.8, 4) is 0 Å². The van der Waals surface area contributed by atoms with Gasteiger partial charge in [0.1, 0.15) is 0 Å². The fraction of sp³-hybridized carbons (Fsp3) is 0.500. The average molecular weight is 183 g/mol. The molecule has 0 fully saturated rings. The van der Waals surface area contributed by atoms with E-state index < -0.39 is 0 Å². The van der Waals surface area contributed by atoms with Crippen LogP contribution in [0.1, 0.15) is 11.7 Å². The van der Waals surface area contributed by atoms with Gasteiger partial charge in [0.2, 0.25) is 5.89 Å². The van der Waals surface area contributed by atoms with Crippen molar-refractivity contribution in [3.63, 3.8) is 0 Å². The maximum atomic E-state index is 8.59. The number of rotatable bonds is 6. The van der Waals surface area contributed by atoms with Gasteiger partial charge in [0.25, 0.3) is 0 Å². The Morgan fingerprint density at radius 1 is 1.62 bits per heavy atom. The van der Waals surface area contributed by atoms with Crippen LogP contribution in [0.15, 0.2) is 17.2 Å². The minimum atomic E-state index is 0.0407. The van der Waals surface area contributed by atoms with Crippen LogP contribution in [-0.4, -0.2) is 28.4 Å². The molecule has 0 amide bonds. The third-order valence-electron chi connectivity index (χ3n) is 1.41. The first-order valence-electron chi connectivity index (χ1n) is 4.10. The Labute approximate surface area is 76.5 Å². The maximum absolute atomic E-state index is 8.59. The van der Waals surface area contributed by atoms with Gasteiger partial charge >= 0.3 is 0 Å². The molecule has 13 heavy (non-hydrogen) atoms. The van der Waals surface area contributed by atoms with Gasteiger partial charge in [0, 0.05) is 13.0 Å². The first-order valence-corrected chi connectivity index (χ1v) is 4.10. The second-order valence-electron chi connectivity index (χ2n) is 2.50. The summed E-state index contributed by atoms with van der Waals surface area (Å²) in [4.78, 5) is 4.04. The summed E-state index contributed by atoms with van der Waals surface area (Å²) in [5.74, 6) is 1.07. The predicted octanol–water partition coefficient (Wildman–Crippen LogP) is -0.120. The largest absolute Gasteiger partial charge is 0.396 e. The molecule has 0 radical (unpaired) electrons. The molecule has 5 nitrogen and oxygen atoms in total. The van der Waals surface area contributed by atoms with E-state index in [4.69, 9.17) is 9.63 Å². The van der Waals surface area contributed by atoms with Crippen LogP contribution >= 0.6 is 0 Å². The summed E-state index contributed by atoms with van der Waals surface area (Å²) in [5.41, 5.74) is 0. The Hall–Kier alpha value is -1.20. The summed E-state index contributed by atoms with van der Waals surface area (Å²) in [6.07, 6.45) is 2.19. The summed E-state index contributed by atoms with van der Waals surface area (Å²) in [6.45, 7) is 4.84. The van der Waals surface area contributed by atoms with E-state index in [0.717, 1.165) is 0 Å². The maximum Gasteiger partial charge on any atom is 0.240 e. The second kappa shape index (κ2) is 5.45. The Morgan fingerprint density at radius 3 is 3.15 bits per heavy atom. The summed E-state index contributed by atoms with van der Waals surface area (Å²) in [7, 11) is 0. The third kappa shape index (κ3) is 3.35. The Bertz CT molecular complexity index is 260. The van der Waals surface area contributed by atoms with E-state index in [1.165, 1.54) is 0 Å². The second-order valence-corrected chi connectivity index (χ2v) is 2.50. The number of nitrogens with zero attached hydrogens (tertiary/aromatic N) is 2. The topological polar surface area (TPSA) is 71.2 Å². The zero-order valence-corrected chi connectivity index (χ0v) is 7.36. The first kappa shape index (κ1) is 9.88. The van der Waals surface area contributed by atoms with E-state index in [-0.39, 0.29) is 6.61 Å². The highest BCUT2D eigenvalue weighted by molar-refractivity contribution is 4.86. The third-order valence-corrected chi connectivity index (χ3v) is 1.41. The van der Waals surface area contributed by atoms with Crippen LogP contribution in [0.2, 0.25) is 0 Å². The predicted molar refractivity (Wildman–Crippen MR) is 47.0 cm³/mol. The van der Waals surface area contributed by atoms with Crippen LogP contribution < -0.4 is 5.32 Å². The van der Waals surface area contributed by atoms with E-state index in [0.29, 0.717) is 31.2 Å². The molecule has 0 aliphatic carbocycles. The smallest absolute Gasteiger partial charge is 0.240 e. The van der Waals surface area contributed by atoms with Crippen LogP contribution in [0.4, 0.5) is 0 Å². The van der Waals surface area contributed by atoms with Crippen molar-refractivity contribution in [2.24, 2.45) is 0 Å². The highest BCUT2D eigenvalue weighted by Crippen LogP contribution is 1.96. The lowest BCUT2D eigenvalue weighted by Gasteiger charge is -1.93. The molecular formula is C8H13N3O2. The molecular weight excluding hydrogens is 170 g/mol. The number of nitrogens with one attached hydrogen (secondary N) is 1. The van der Waals surface area contributed by atoms with Crippen molar-refractivity contribution in [2.75, 3.05) is 13.2 Å². The Morgan fingerprint density at radius 2 is 2.46 bits per heavy atom. The van der Waals surface area contributed by atoms with Crippen molar-refractivity contribution >= 4 is 0 Å². The van der Waals surface area contributed by atoms with Crippen molar-refractivity contribution in [1.29, 1.82) is 0 Å².